The number of rotatable bonds is 5. The number of amides is 2. The molecule has 5 rings (SSSR count). The number of benzene rings is 2. The highest BCUT2D eigenvalue weighted by molar-refractivity contribution is 7.20. The van der Waals surface area contributed by atoms with E-state index in [4.69, 9.17) is 11.6 Å². The molecule has 36 heavy (non-hydrogen) atoms. The van der Waals surface area contributed by atoms with Crippen LogP contribution in [0.15, 0.2) is 65.8 Å². The van der Waals surface area contributed by atoms with Gasteiger partial charge in [0.25, 0.3) is 11.5 Å². The summed E-state index contributed by atoms with van der Waals surface area (Å²) in [5, 5.41) is 7.34. The van der Waals surface area contributed by atoms with Crippen molar-refractivity contribution in [3.8, 4) is 0 Å². The summed E-state index contributed by atoms with van der Waals surface area (Å²) < 4.78 is 1.22. The lowest BCUT2D eigenvalue weighted by molar-refractivity contribution is -0.116. The molecule has 0 radical (unpaired) electrons. The maximum atomic E-state index is 13.2. The van der Waals surface area contributed by atoms with Crippen LogP contribution >= 0.6 is 22.9 Å². The van der Waals surface area contributed by atoms with Crippen molar-refractivity contribution in [2.24, 2.45) is 0 Å². The van der Waals surface area contributed by atoms with E-state index in [1.165, 1.54) is 10.9 Å². The number of para-hydroxylation sites is 1. The Balaban J connectivity index is 1.38. The molecule has 2 amide bonds. The van der Waals surface area contributed by atoms with Gasteiger partial charge in [-0.2, -0.15) is 0 Å². The molecule has 10 heteroatoms. The number of halogens is 1. The van der Waals surface area contributed by atoms with Gasteiger partial charge in [-0.05, 0) is 49.2 Å². The number of carbonyl (C=O) groups is 2. The number of aromatic nitrogens is 3. The van der Waals surface area contributed by atoms with Crippen molar-refractivity contribution in [1.82, 2.24) is 14.5 Å². The highest BCUT2D eigenvalue weighted by Gasteiger charge is 2.20. The molecule has 0 spiro atoms. The van der Waals surface area contributed by atoms with Gasteiger partial charge in [0.15, 0.2) is 0 Å². The van der Waals surface area contributed by atoms with Gasteiger partial charge >= 0.3 is 0 Å². The minimum Gasteiger partial charge on any atom is -0.324 e. The van der Waals surface area contributed by atoms with Crippen LogP contribution < -0.4 is 16.2 Å². The Bertz CT molecular complexity index is 1730. The highest BCUT2D eigenvalue weighted by Crippen LogP contribution is 2.28. The molecule has 2 aromatic carbocycles. The first-order chi connectivity index (χ1) is 17.3. The molecule has 180 valence electrons. The summed E-state index contributed by atoms with van der Waals surface area (Å²) in [6.07, 6.45) is 2.91. The number of nitrogens with zero attached hydrogens (tertiary/aromatic N) is 3. The van der Waals surface area contributed by atoms with Crippen molar-refractivity contribution in [1.29, 1.82) is 0 Å². The Morgan fingerprint density at radius 2 is 1.83 bits per heavy atom. The van der Waals surface area contributed by atoms with Gasteiger partial charge in [0.1, 0.15) is 11.4 Å². The van der Waals surface area contributed by atoms with Crippen LogP contribution in [-0.4, -0.2) is 26.3 Å². The molecular formula is C26H20ClN5O3S. The molecule has 0 fully saturated rings. The summed E-state index contributed by atoms with van der Waals surface area (Å²) in [5.41, 5.74) is 2.93. The van der Waals surface area contributed by atoms with Crippen molar-refractivity contribution in [3.63, 3.8) is 0 Å². The van der Waals surface area contributed by atoms with E-state index in [0.717, 1.165) is 27.8 Å². The molecule has 3 heterocycles. The molecule has 0 saturated carbocycles. The van der Waals surface area contributed by atoms with E-state index in [-0.39, 0.29) is 12.5 Å². The fourth-order valence-corrected chi connectivity index (χ4v) is 5.06. The van der Waals surface area contributed by atoms with E-state index in [9.17, 15) is 14.4 Å². The Morgan fingerprint density at radius 1 is 1.03 bits per heavy atom. The van der Waals surface area contributed by atoms with Crippen LogP contribution in [0, 0.1) is 13.8 Å². The van der Waals surface area contributed by atoms with Gasteiger partial charge in [0, 0.05) is 16.1 Å². The summed E-state index contributed by atoms with van der Waals surface area (Å²) in [6, 6.07) is 14.6. The summed E-state index contributed by atoms with van der Waals surface area (Å²) in [4.78, 5) is 48.2. The number of aryl methyl sites for hydroxylation is 2. The third kappa shape index (κ3) is 4.58. The smallest absolute Gasteiger partial charge is 0.266 e. The predicted molar refractivity (Wildman–Crippen MR) is 143 cm³/mol. The van der Waals surface area contributed by atoms with Crippen molar-refractivity contribution < 1.29 is 9.59 Å². The van der Waals surface area contributed by atoms with Crippen LogP contribution in [0.3, 0.4) is 0 Å². The van der Waals surface area contributed by atoms with Crippen LogP contribution in [0.5, 0.6) is 0 Å². The Hall–Kier alpha value is -4.08. The number of thiophene rings is 1. The molecule has 0 aliphatic rings. The number of fused-ring (bicyclic) bond motifs is 2. The Labute approximate surface area is 214 Å². The van der Waals surface area contributed by atoms with Gasteiger partial charge in [-0.15, -0.1) is 11.3 Å². The monoisotopic (exact) mass is 517 g/mol. The average molecular weight is 518 g/mol. The molecule has 0 aliphatic heterocycles. The van der Waals surface area contributed by atoms with Crippen LogP contribution in [-0.2, 0) is 11.3 Å². The van der Waals surface area contributed by atoms with Gasteiger partial charge in [0.2, 0.25) is 5.91 Å². The summed E-state index contributed by atoms with van der Waals surface area (Å²) in [5.74, 6) is -0.750. The van der Waals surface area contributed by atoms with E-state index in [1.807, 2.05) is 37.3 Å². The van der Waals surface area contributed by atoms with E-state index in [1.54, 1.807) is 31.3 Å². The third-order valence-corrected chi connectivity index (χ3v) is 7.35. The molecule has 0 saturated heterocycles. The molecule has 0 bridgehead atoms. The number of carbonyl (C=O) groups excluding carboxylic acids is 2. The SMILES string of the molecule is Cc1ccc(NC(=O)Cn2cnc3sc(C(=O)Nc4cnc5ccccc5c4)c(C)c3c2=O)cc1Cl. The Morgan fingerprint density at radius 3 is 2.64 bits per heavy atom. The second-order valence-electron chi connectivity index (χ2n) is 8.30. The average Bonchev–Trinajstić information content (AvgIpc) is 3.20. The second kappa shape index (κ2) is 9.52. The maximum Gasteiger partial charge on any atom is 0.266 e. The molecule has 8 nitrogen and oxygen atoms in total. The zero-order valence-corrected chi connectivity index (χ0v) is 20.9. The van der Waals surface area contributed by atoms with Crippen LogP contribution in [0.4, 0.5) is 11.4 Å². The van der Waals surface area contributed by atoms with Crippen molar-refractivity contribution in [2.75, 3.05) is 10.6 Å². The lowest BCUT2D eigenvalue weighted by Crippen LogP contribution is -2.28. The standard InChI is InChI=1S/C26H20ClN5O3S/c1-14-7-8-17(10-19(14)27)30-21(33)12-32-13-29-25-22(26(32)35)15(2)23(36-25)24(34)31-18-9-16-5-3-4-6-20(16)28-11-18/h3-11,13H,12H2,1-2H3,(H,30,33)(H,31,34). The van der Waals surface area contributed by atoms with Gasteiger partial charge in [-0.3, -0.25) is 23.9 Å². The lowest BCUT2D eigenvalue weighted by Gasteiger charge is -2.08. The fraction of sp³-hybridized carbons (Fsp3) is 0.115. The van der Waals surface area contributed by atoms with Crippen molar-refractivity contribution in [3.05, 3.63) is 92.4 Å². The fourth-order valence-electron chi connectivity index (χ4n) is 3.84. The summed E-state index contributed by atoms with van der Waals surface area (Å²) in [7, 11) is 0. The molecule has 2 N–H and O–H groups in total. The highest BCUT2D eigenvalue weighted by atomic mass is 35.5. The number of nitrogens with one attached hydrogen (secondary N) is 2. The molecule has 0 unspecified atom stereocenters. The number of hydrogen-bond acceptors (Lipinski definition) is 6. The topological polar surface area (TPSA) is 106 Å². The first-order valence-electron chi connectivity index (χ1n) is 11.0. The lowest BCUT2D eigenvalue weighted by atomic mass is 10.2. The van der Waals surface area contributed by atoms with Gasteiger partial charge in [-0.25, -0.2) is 4.98 Å². The van der Waals surface area contributed by atoms with Crippen LogP contribution in [0.1, 0.15) is 20.8 Å². The molecule has 3 aromatic heterocycles. The first kappa shape index (κ1) is 23.7. The van der Waals surface area contributed by atoms with Gasteiger partial charge in [-0.1, -0.05) is 35.9 Å². The maximum absolute atomic E-state index is 13.2. The van der Waals surface area contributed by atoms with Crippen molar-refractivity contribution in [2.45, 2.75) is 20.4 Å². The first-order valence-corrected chi connectivity index (χ1v) is 12.2. The quantitative estimate of drug-likeness (QED) is 0.334. The van der Waals surface area contributed by atoms with E-state index in [0.29, 0.717) is 37.1 Å². The van der Waals surface area contributed by atoms with E-state index in [2.05, 4.69) is 20.6 Å². The summed E-state index contributed by atoms with van der Waals surface area (Å²) >= 11 is 7.25. The number of hydrogen-bond donors (Lipinski definition) is 2. The van der Waals surface area contributed by atoms with Gasteiger partial charge in [0.05, 0.1) is 34.0 Å². The minimum absolute atomic E-state index is 0.229. The normalized spacial score (nSPS) is 11.1. The van der Waals surface area contributed by atoms with E-state index >= 15 is 0 Å². The number of pyridine rings is 1. The molecule has 0 aliphatic carbocycles. The molecule has 0 atom stereocenters. The van der Waals surface area contributed by atoms with Crippen LogP contribution in [0.25, 0.3) is 21.1 Å². The largest absolute Gasteiger partial charge is 0.324 e. The Kier molecular flexibility index (Phi) is 6.26. The zero-order chi connectivity index (χ0) is 25.4. The minimum atomic E-state index is -0.396. The molecule has 5 aromatic rings. The van der Waals surface area contributed by atoms with Gasteiger partial charge < -0.3 is 10.6 Å². The zero-order valence-electron chi connectivity index (χ0n) is 19.3. The second-order valence-corrected chi connectivity index (χ2v) is 9.70. The van der Waals surface area contributed by atoms with Crippen molar-refractivity contribution >= 4 is 67.2 Å². The summed E-state index contributed by atoms with van der Waals surface area (Å²) in [6.45, 7) is 3.34. The predicted octanol–water partition coefficient (Wildman–Crippen LogP) is 5.17. The number of anilines is 2. The third-order valence-electron chi connectivity index (χ3n) is 5.74. The van der Waals surface area contributed by atoms with Crippen LogP contribution in [0.2, 0.25) is 5.02 Å². The van der Waals surface area contributed by atoms with E-state index < -0.39 is 11.5 Å². The molecular weight excluding hydrogens is 498 g/mol.